The molecule has 5 aromatic rings. The molecule has 3 amide bonds. The third-order valence-corrected chi connectivity index (χ3v) is 12.3. The van der Waals surface area contributed by atoms with Crippen molar-refractivity contribution in [2.75, 3.05) is 12.3 Å². The van der Waals surface area contributed by atoms with Crippen LogP contribution in [0.1, 0.15) is 103 Å². The largest absolute Gasteiger partial charge is 0.507 e. The summed E-state index contributed by atoms with van der Waals surface area (Å²) < 4.78 is 1.90. The lowest BCUT2D eigenvalue weighted by atomic mass is 9.85. The second-order valence-electron chi connectivity index (χ2n) is 17.1. The number of nitrogens with one attached hydrogen (secondary N) is 2. The van der Waals surface area contributed by atoms with Crippen molar-refractivity contribution >= 4 is 34.9 Å². The Hall–Kier alpha value is -5.67. The topological polar surface area (TPSA) is 201 Å². The molecule has 14 nitrogen and oxygen atoms in total. The molecular formula is C46H59N9O5S. The fraction of sp³-hybridized carbons (Fsp3) is 0.457. The minimum Gasteiger partial charge on any atom is -0.507 e. The second kappa shape index (κ2) is 20.3. The number of nitrogens with zero attached hydrogens (tertiary/aromatic N) is 6. The summed E-state index contributed by atoms with van der Waals surface area (Å²) in [4.78, 5) is 47.7. The Bertz CT molecular complexity index is 2270. The molecule has 61 heavy (non-hydrogen) atoms. The van der Waals surface area contributed by atoms with Crippen LogP contribution in [0.2, 0.25) is 0 Å². The molecule has 0 spiro atoms. The number of carbonyl (C=O) groups is 3. The Kier molecular flexibility index (Phi) is 14.9. The number of phenolic OH excluding ortho intramolecular Hbond substituents is 1. The van der Waals surface area contributed by atoms with Crippen LogP contribution in [0.25, 0.3) is 32.8 Å². The predicted molar refractivity (Wildman–Crippen MR) is 238 cm³/mol. The average molecular weight is 850 g/mol. The van der Waals surface area contributed by atoms with Gasteiger partial charge in [0, 0.05) is 48.8 Å². The van der Waals surface area contributed by atoms with Crippen LogP contribution in [0.3, 0.4) is 0 Å². The van der Waals surface area contributed by atoms with E-state index in [2.05, 4.69) is 30.9 Å². The Morgan fingerprint density at radius 1 is 0.934 bits per heavy atom. The van der Waals surface area contributed by atoms with Crippen LogP contribution >= 0.6 is 11.3 Å². The van der Waals surface area contributed by atoms with E-state index in [1.165, 1.54) is 4.90 Å². The van der Waals surface area contributed by atoms with Gasteiger partial charge in [0.05, 0.1) is 40.1 Å². The number of hydrogen-bond donors (Lipinski definition) is 5. The smallest absolute Gasteiger partial charge is 0.246 e. The SMILES string of the molecule is Cc1ncsc1-c1ccc(C(C)NC(=O)C2CC(O)CN2C(=O)C(NC(=O)CCCCCCCCCn2cc(-c3cc(-c4ccccc4O)nnc3N)cn2)C(C)(C)C)cc1. The molecule has 0 bridgehead atoms. The highest BCUT2D eigenvalue weighted by Crippen LogP contribution is 2.33. The Balaban J connectivity index is 0.904. The summed E-state index contributed by atoms with van der Waals surface area (Å²) in [5, 5.41) is 39.7. The lowest BCUT2D eigenvalue weighted by Gasteiger charge is -2.35. The van der Waals surface area contributed by atoms with Crippen molar-refractivity contribution in [3.63, 3.8) is 0 Å². The number of thiazole rings is 1. The van der Waals surface area contributed by atoms with E-state index in [9.17, 15) is 24.6 Å². The van der Waals surface area contributed by atoms with Crippen molar-refractivity contribution in [1.82, 2.24) is 40.5 Å². The quantitative estimate of drug-likeness (QED) is 0.0561. The Morgan fingerprint density at radius 2 is 1.64 bits per heavy atom. The summed E-state index contributed by atoms with van der Waals surface area (Å²) in [5.74, 6) is -0.477. The highest BCUT2D eigenvalue weighted by molar-refractivity contribution is 7.13. The number of nitrogens with two attached hydrogens (primary N) is 1. The molecule has 6 rings (SSSR count). The lowest BCUT2D eigenvalue weighted by molar-refractivity contribution is -0.144. The first-order valence-corrected chi connectivity index (χ1v) is 22.1. The molecule has 1 aliphatic heterocycles. The zero-order valence-corrected chi connectivity index (χ0v) is 36.6. The number of carbonyl (C=O) groups excluding carboxylic acids is 3. The van der Waals surface area contributed by atoms with Gasteiger partial charge in [-0.25, -0.2) is 4.98 Å². The van der Waals surface area contributed by atoms with E-state index in [0.717, 1.165) is 72.3 Å². The van der Waals surface area contributed by atoms with Crippen molar-refractivity contribution < 1.29 is 24.6 Å². The van der Waals surface area contributed by atoms with Gasteiger partial charge in [0.25, 0.3) is 0 Å². The predicted octanol–water partition coefficient (Wildman–Crippen LogP) is 7.22. The molecule has 3 aromatic heterocycles. The fourth-order valence-electron chi connectivity index (χ4n) is 7.77. The van der Waals surface area contributed by atoms with Crippen molar-refractivity contribution in [3.05, 3.63) is 83.8 Å². The van der Waals surface area contributed by atoms with E-state index in [1.54, 1.807) is 35.7 Å². The number of likely N-dealkylation sites (tertiary alicyclic amines) is 1. The third kappa shape index (κ3) is 11.6. The van der Waals surface area contributed by atoms with Crippen LogP contribution in [0.5, 0.6) is 5.75 Å². The number of hydrogen-bond acceptors (Lipinski definition) is 11. The summed E-state index contributed by atoms with van der Waals surface area (Å²) in [6, 6.07) is 14.8. The molecule has 1 fully saturated rings. The zero-order valence-electron chi connectivity index (χ0n) is 35.8. The number of aromatic nitrogens is 5. The van der Waals surface area contributed by atoms with Crippen molar-refractivity contribution in [2.45, 2.75) is 123 Å². The van der Waals surface area contributed by atoms with Gasteiger partial charge < -0.3 is 31.5 Å². The summed E-state index contributed by atoms with van der Waals surface area (Å²) in [7, 11) is 0. The molecule has 0 saturated carbocycles. The second-order valence-corrected chi connectivity index (χ2v) is 18.0. The molecule has 6 N–H and O–H groups in total. The number of anilines is 1. The third-order valence-electron chi connectivity index (χ3n) is 11.3. The fourth-order valence-corrected chi connectivity index (χ4v) is 8.58. The number of aromatic hydroxyl groups is 1. The van der Waals surface area contributed by atoms with Crippen molar-refractivity contribution in [1.29, 1.82) is 0 Å². The molecule has 4 atom stereocenters. The van der Waals surface area contributed by atoms with Gasteiger partial charge in [-0.2, -0.15) is 5.10 Å². The number of unbranched alkanes of at least 4 members (excludes halogenated alkanes) is 6. The first kappa shape index (κ1) is 44.9. The van der Waals surface area contributed by atoms with Gasteiger partial charge in [0.2, 0.25) is 17.7 Å². The maximum absolute atomic E-state index is 14.1. The molecule has 2 aromatic carbocycles. The molecule has 1 aliphatic rings. The van der Waals surface area contributed by atoms with Crippen molar-refractivity contribution in [2.24, 2.45) is 5.41 Å². The number of β-amino-alcohol motifs (C(OH)–C–C–N with tert-alkyl or cyclic N) is 1. The van der Waals surface area contributed by atoms with E-state index in [-0.39, 0.29) is 42.5 Å². The number of aryl methyl sites for hydroxylation is 2. The van der Waals surface area contributed by atoms with Crippen LogP contribution < -0.4 is 16.4 Å². The Labute approximate surface area is 362 Å². The zero-order chi connectivity index (χ0) is 43.7. The normalized spacial score (nSPS) is 16.3. The number of benzene rings is 2. The van der Waals surface area contributed by atoms with Crippen molar-refractivity contribution in [3.8, 4) is 38.6 Å². The van der Waals surface area contributed by atoms with Crippen LogP contribution in [0, 0.1) is 12.3 Å². The number of aliphatic hydroxyl groups is 1. The molecule has 15 heteroatoms. The minimum atomic E-state index is -0.855. The highest BCUT2D eigenvalue weighted by Gasteiger charge is 2.44. The first-order chi connectivity index (χ1) is 29.2. The summed E-state index contributed by atoms with van der Waals surface area (Å²) >= 11 is 1.58. The molecule has 1 saturated heterocycles. The first-order valence-electron chi connectivity index (χ1n) is 21.2. The van der Waals surface area contributed by atoms with Gasteiger partial charge in [0.15, 0.2) is 5.82 Å². The number of rotatable bonds is 18. The van der Waals surface area contributed by atoms with E-state index >= 15 is 0 Å². The maximum Gasteiger partial charge on any atom is 0.246 e. The summed E-state index contributed by atoms with van der Waals surface area (Å²) in [5.41, 5.74) is 13.0. The number of amides is 3. The van der Waals surface area contributed by atoms with Crippen LogP contribution in [0.15, 0.2) is 72.5 Å². The van der Waals surface area contributed by atoms with Crippen LogP contribution in [0.4, 0.5) is 5.82 Å². The van der Waals surface area contributed by atoms with E-state index in [1.807, 2.05) is 87.4 Å². The van der Waals surface area contributed by atoms with E-state index in [4.69, 9.17) is 5.73 Å². The summed E-state index contributed by atoms with van der Waals surface area (Å²) in [6.45, 7) is 10.4. The number of phenols is 1. The number of para-hydroxylation sites is 1. The van der Waals surface area contributed by atoms with E-state index in [0.29, 0.717) is 35.5 Å². The van der Waals surface area contributed by atoms with Crippen LogP contribution in [-0.4, -0.2) is 82.5 Å². The number of aliphatic hydroxyl groups excluding tert-OH is 1. The molecular weight excluding hydrogens is 791 g/mol. The monoisotopic (exact) mass is 849 g/mol. The molecule has 324 valence electrons. The van der Waals surface area contributed by atoms with Gasteiger partial charge in [-0.05, 0) is 61.4 Å². The molecule has 0 radical (unpaired) electrons. The number of nitrogen functional groups attached to an aromatic ring is 1. The Morgan fingerprint density at radius 3 is 2.33 bits per heavy atom. The molecule has 4 heterocycles. The van der Waals surface area contributed by atoms with Crippen LogP contribution in [-0.2, 0) is 20.9 Å². The maximum atomic E-state index is 14.1. The van der Waals surface area contributed by atoms with Gasteiger partial charge in [-0.15, -0.1) is 21.5 Å². The van der Waals surface area contributed by atoms with Gasteiger partial charge in [-0.3, -0.25) is 19.1 Å². The van der Waals surface area contributed by atoms with E-state index < -0.39 is 23.6 Å². The molecule has 0 aliphatic carbocycles. The average Bonchev–Trinajstić information content (AvgIpc) is 3.99. The van der Waals surface area contributed by atoms with Gasteiger partial charge >= 0.3 is 0 Å². The van der Waals surface area contributed by atoms with Gasteiger partial charge in [0.1, 0.15) is 17.8 Å². The minimum absolute atomic E-state index is 0.0286. The highest BCUT2D eigenvalue weighted by atomic mass is 32.1. The summed E-state index contributed by atoms with van der Waals surface area (Å²) in [6.07, 6.45) is 10.1. The standard InChI is InChI=1S/C46H59N9O5S/c1-29(31-18-20-32(21-19-31)41-30(2)48-28-61-41)50-44(59)38-23-34(56)27-55(38)45(60)42(46(3,4)5)51-40(58)17-11-9-7-6-8-10-14-22-54-26-33(25-49-54)36-24-37(52-53-43(36)47)35-15-12-13-16-39(35)57/h12-13,15-16,18-21,24-26,28-29,34,38,42,56-57H,6-11,14,17,22-23,27H2,1-5H3,(H2,47,53)(H,50,59)(H,51,58). The van der Waals surface area contributed by atoms with Gasteiger partial charge in [-0.1, -0.05) is 89.3 Å². The lowest BCUT2D eigenvalue weighted by Crippen LogP contribution is -2.57. The molecule has 4 unspecified atom stereocenters.